The third kappa shape index (κ3) is 3.68. The van der Waals surface area contributed by atoms with Crippen molar-refractivity contribution in [3.63, 3.8) is 0 Å². The van der Waals surface area contributed by atoms with Crippen LogP contribution in [0.25, 0.3) is 0 Å². The molecule has 0 radical (unpaired) electrons. The Morgan fingerprint density at radius 2 is 1.85 bits per heavy atom. The van der Waals surface area contributed by atoms with Crippen molar-refractivity contribution in [2.45, 2.75) is 13.8 Å². The number of hydrogen-bond donors (Lipinski definition) is 1. The predicted molar refractivity (Wildman–Crippen MR) is 82.4 cm³/mol. The molecular formula is C16H15ClN2O. The maximum Gasteiger partial charge on any atom is 0.271 e. The molecule has 4 heteroatoms. The van der Waals surface area contributed by atoms with E-state index >= 15 is 0 Å². The van der Waals surface area contributed by atoms with Crippen molar-refractivity contribution >= 4 is 23.7 Å². The van der Waals surface area contributed by atoms with E-state index in [0.717, 1.165) is 16.7 Å². The number of aryl methyl sites for hydroxylation is 2. The Labute approximate surface area is 123 Å². The zero-order valence-electron chi connectivity index (χ0n) is 11.4. The molecule has 0 aliphatic heterocycles. The molecule has 2 aromatic carbocycles. The summed E-state index contributed by atoms with van der Waals surface area (Å²) < 4.78 is 0. The summed E-state index contributed by atoms with van der Waals surface area (Å²) in [6, 6.07) is 12.7. The zero-order chi connectivity index (χ0) is 14.5. The van der Waals surface area contributed by atoms with Crippen LogP contribution in [0.3, 0.4) is 0 Å². The van der Waals surface area contributed by atoms with Crippen LogP contribution < -0.4 is 5.43 Å². The molecular weight excluding hydrogens is 272 g/mol. The predicted octanol–water partition coefficient (Wildman–Crippen LogP) is 3.72. The monoisotopic (exact) mass is 286 g/mol. The standard InChI is InChI=1S/C16H15ClN2O/c1-11-3-4-12(2)14(9-11)10-18-19-16(20)13-5-7-15(17)8-6-13/h3-10H,1-2H3,(H,19,20)/b18-10-. The average molecular weight is 287 g/mol. The van der Waals surface area contributed by atoms with E-state index in [1.54, 1.807) is 30.5 Å². The highest BCUT2D eigenvalue weighted by Gasteiger charge is 2.03. The molecule has 0 spiro atoms. The van der Waals surface area contributed by atoms with Crippen LogP contribution in [0.2, 0.25) is 5.02 Å². The van der Waals surface area contributed by atoms with Gasteiger partial charge in [-0.2, -0.15) is 5.10 Å². The number of carbonyl (C=O) groups is 1. The highest BCUT2D eigenvalue weighted by atomic mass is 35.5. The molecule has 0 saturated carbocycles. The molecule has 0 saturated heterocycles. The number of rotatable bonds is 3. The SMILES string of the molecule is Cc1ccc(C)c(/C=N\NC(=O)c2ccc(Cl)cc2)c1. The molecule has 0 aliphatic carbocycles. The number of amides is 1. The molecule has 0 atom stereocenters. The Kier molecular flexibility index (Phi) is 4.53. The van der Waals surface area contributed by atoms with Crippen LogP contribution in [0.5, 0.6) is 0 Å². The van der Waals surface area contributed by atoms with Gasteiger partial charge < -0.3 is 0 Å². The fraction of sp³-hybridized carbons (Fsp3) is 0.125. The lowest BCUT2D eigenvalue weighted by molar-refractivity contribution is 0.0955. The quantitative estimate of drug-likeness (QED) is 0.678. The van der Waals surface area contributed by atoms with Gasteiger partial charge in [-0.25, -0.2) is 5.43 Å². The van der Waals surface area contributed by atoms with Gasteiger partial charge in [-0.15, -0.1) is 0 Å². The van der Waals surface area contributed by atoms with E-state index in [4.69, 9.17) is 11.6 Å². The Morgan fingerprint density at radius 3 is 2.55 bits per heavy atom. The van der Waals surface area contributed by atoms with Crippen molar-refractivity contribution in [3.8, 4) is 0 Å². The fourth-order valence-corrected chi connectivity index (χ4v) is 1.85. The number of hydrogen-bond acceptors (Lipinski definition) is 2. The molecule has 2 aromatic rings. The first-order valence-electron chi connectivity index (χ1n) is 6.22. The minimum absolute atomic E-state index is 0.261. The molecule has 3 nitrogen and oxygen atoms in total. The van der Waals surface area contributed by atoms with Crippen molar-refractivity contribution < 1.29 is 4.79 Å². The summed E-state index contributed by atoms with van der Waals surface area (Å²) in [6.07, 6.45) is 1.65. The number of hydrazone groups is 1. The summed E-state index contributed by atoms with van der Waals surface area (Å²) in [4.78, 5) is 11.8. The fourth-order valence-electron chi connectivity index (χ4n) is 1.73. The van der Waals surface area contributed by atoms with Crippen molar-refractivity contribution in [2.75, 3.05) is 0 Å². The Balaban J connectivity index is 2.04. The van der Waals surface area contributed by atoms with E-state index < -0.39 is 0 Å². The van der Waals surface area contributed by atoms with Gasteiger partial charge in [0.05, 0.1) is 6.21 Å². The molecule has 102 valence electrons. The molecule has 0 unspecified atom stereocenters. The van der Waals surface area contributed by atoms with Gasteiger partial charge in [0, 0.05) is 10.6 Å². The van der Waals surface area contributed by atoms with Gasteiger partial charge in [0.1, 0.15) is 0 Å². The smallest absolute Gasteiger partial charge is 0.267 e. The summed E-state index contributed by atoms with van der Waals surface area (Å²) >= 11 is 5.77. The summed E-state index contributed by atoms with van der Waals surface area (Å²) in [7, 11) is 0. The number of halogens is 1. The Hall–Kier alpha value is -2.13. The van der Waals surface area contributed by atoms with Crippen LogP contribution in [-0.4, -0.2) is 12.1 Å². The van der Waals surface area contributed by atoms with Crippen molar-refractivity contribution in [1.82, 2.24) is 5.43 Å². The van der Waals surface area contributed by atoms with Gasteiger partial charge >= 0.3 is 0 Å². The summed E-state index contributed by atoms with van der Waals surface area (Å²) in [5.41, 5.74) is 6.27. The van der Waals surface area contributed by atoms with E-state index in [0.29, 0.717) is 10.6 Å². The lowest BCUT2D eigenvalue weighted by Gasteiger charge is -2.02. The second-order valence-electron chi connectivity index (χ2n) is 4.57. The first-order valence-corrected chi connectivity index (χ1v) is 6.60. The van der Waals surface area contributed by atoms with Crippen LogP contribution in [0, 0.1) is 13.8 Å². The van der Waals surface area contributed by atoms with Crippen molar-refractivity contribution in [2.24, 2.45) is 5.10 Å². The van der Waals surface area contributed by atoms with Crippen LogP contribution >= 0.6 is 11.6 Å². The van der Waals surface area contributed by atoms with E-state index in [9.17, 15) is 4.79 Å². The Morgan fingerprint density at radius 1 is 1.15 bits per heavy atom. The van der Waals surface area contributed by atoms with Gasteiger partial charge in [-0.3, -0.25) is 4.79 Å². The Bertz CT molecular complexity index is 648. The lowest BCUT2D eigenvalue weighted by Crippen LogP contribution is -2.17. The van der Waals surface area contributed by atoms with Crippen LogP contribution in [0.15, 0.2) is 47.6 Å². The van der Waals surface area contributed by atoms with E-state index in [1.165, 1.54) is 0 Å². The first kappa shape index (κ1) is 14.3. The zero-order valence-corrected chi connectivity index (χ0v) is 12.1. The minimum atomic E-state index is -0.261. The van der Waals surface area contributed by atoms with Gasteiger partial charge in [0.2, 0.25) is 0 Å². The summed E-state index contributed by atoms with van der Waals surface area (Å²) in [5.74, 6) is -0.261. The van der Waals surface area contributed by atoms with E-state index in [-0.39, 0.29) is 5.91 Å². The lowest BCUT2D eigenvalue weighted by atomic mass is 10.1. The second kappa shape index (κ2) is 6.35. The molecule has 0 aliphatic rings. The van der Waals surface area contributed by atoms with Gasteiger partial charge in [-0.1, -0.05) is 35.4 Å². The first-order chi connectivity index (χ1) is 9.56. The maximum atomic E-state index is 11.8. The normalized spacial score (nSPS) is 10.8. The van der Waals surface area contributed by atoms with Crippen LogP contribution in [0.1, 0.15) is 27.0 Å². The number of carbonyl (C=O) groups excluding carboxylic acids is 1. The maximum absolute atomic E-state index is 11.8. The molecule has 1 N–H and O–H groups in total. The molecule has 1 amide bonds. The third-order valence-corrected chi connectivity index (χ3v) is 3.16. The molecule has 0 fully saturated rings. The molecule has 0 aromatic heterocycles. The van der Waals surface area contributed by atoms with Gasteiger partial charge in [0.15, 0.2) is 0 Å². The van der Waals surface area contributed by atoms with Gasteiger partial charge in [0.25, 0.3) is 5.91 Å². The van der Waals surface area contributed by atoms with E-state index in [2.05, 4.69) is 10.5 Å². The molecule has 2 rings (SSSR count). The highest BCUT2D eigenvalue weighted by Crippen LogP contribution is 2.10. The third-order valence-electron chi connectivity index (χ3n) is 2.91. The number of nitrogens with one attached hydrogen (secondary N) is 1. The minimum Gasteiger partial charge on any atom is -0.267 e. The molecule has 0 bridgehead atoms. The topological polar surface area (TPSA) is 41.5 Å². The van der Waals surface area contributed by atoms with Gasteiger partial charge in [-0.05, 0) is 49.2 Å². The molecule has 20 heavy (non-hydrogen) atoms. The highest BCUT2D eigenvalue weighted by molar-refractivity contribution is 6.30. The average Bonchev–Trinajstić information content (AvgIpc) is 2.43. The van der Waals surface area contributed by atoms with Crippen LogP contribution in [-0.2, 0) is 0 Å². The van der Waals surface area contributed by atoms with Crippen LogP contribution in [0.4, 0.5) is 0 Å². The molecule has 0 heterocycles. The number of benzene rings is 2. The largest absolute Gasteiger partial charge is 0.271 e. The second-order valence-corrected chi connectivity index (χ2v) is 5.00. The number of nitrogens with zero attached hydrogens (tertiary/aromatic N) is 1. The summed E-state index contributed by atoms with van der Waals surface area (Å²) in [6.45, 7) is 4.02. The van der Waals surface area contributed by atoms with Crippen molar-refractivity contribution in [1.29, 1.82) is 0 Å². The van der Waals surface area contributed by atoms with E-state index in [1.807, 2.05) is 32.0 Å². The summed E-state index contributed by atoms with van der Waals surface area (Å²) in [5, 5.41) is 4.58. The van der Waals surface area contributed by atoms with Crippen molar-refractivity contribution in [3.05, 3.63) is 69.7 Å².